The second-order valence-corrected chi connectivity index (χ2v) is 5.03. The highest BCUT2D eigenvalue weighted by Gasteiger charge is 2.27. The lowest BCUT2D eigenvalue weighted by Gasteiger charge is -2.23. The van der Waals surface area contributed by atoms with Crippen LogP contribution in [0.3, 0.4) is 0 Å². The highest BCUT2D eigenvalue weighted by atomic mass is 35.5. The molecule has 1 N–H and O–H groups in total. The molecule has 4 heteroatoms. The molecule has 0 saturated heterocycles. The van der Waals surface area contributed by atoms with Crippen molar-refractivity contribution >= 4 is 17.5 Å². The number of carbonyl (C=O) groups is 1. The number of alkyl halides is 1. The lowest BCUT2D eigenvalue weighted by atomic mass is 9.94. The topological polar surface area (TPSA) is 29.1 Å². The summed E-state index contributed by atoms with van der Waals surface area (Å²) in [6.07, 6.45) is 0. The molecule has 1 aromatic rings. The highest BCUT2D eigenvalue weighted by Crippen LogP contribution is 2.20. The van der Waals surface area contributed by atoms with Gasteiger partial charge in [0.2, 0.25) is 5.91 Å². The van der Waals surface area contributed by atoms with Gasteiger partial charge in [-0.1, -0.05) is 12.1 Å². The van der Waals surface area contributed by atoms with E-state index < -0.39 is 5.41 Å². The van der Waals surface area contributed by atoms with Crippen LogP contribution in [-0.2, 0) is 4.79 Å². The third-order valence-electron chi connectivity index (χ3n) is 2.67. The Kier molecular flexibility index (Phi) is 4.52. The zero-order valence-electron chi connectivity index (χ0n) is 10.3. The summed E-state index contributed by atoms with van der Waals surface area (Å²) in [5, 5.41) is 2.86. The van der Waals surface area contributed by atoms with Crippen molar-refractivity contribution in [2.24, 2.45) is 5.41 Å². The van der Waals surface area contributed by atoms with E-state index in [-0.39, 0.29) is 23.6 Å². The Bertz CT molecular complexity index is 389. The van der Waals surface area contributed by atoms with Gasteiger partial charge in [0.05, 0.1) is 11.5 Å². The molecule has 2 nitrogen and oxygen atoms in total. The van der Waals surface area contributed by atoms with Crippen molar-refractivity contribution in [1.29, 1.82) is 0 Å². The SMILES string of the molecule is C[C@@H](NC(=O)C(C)(C)CCl)c1ccc(F)cc1. The van der Waals surface area contributed by atoms with Gasteiger partial charge in [-0.15, -0.1) is 11.6 Å². The Labute approximate surface area is 106 Å². The van der Waals surface area contributed by atoms with Gasteiger partial charge >= 0.3 is 0 Å². The molecule has 0 aliphatic heterocycles. The molecule has 0 bridgehead atoms. The fraction of sp³-hybridized carbons (Fsp3) is 0.462. The van der Waals surface area contributed by atoms with Gasteiger partial charge in [-0.2, -0.15) is 0 Å². The summed E-state index contributed by atoms with van der Waals surface area (Å²) in [5.74, 6) is -0.132. The molecule has 1 amide bonds. The Morgan fingerprint density at radius 3 is 2.41 bits per heavy atom. The Morgan fingerprint density at radius 2 is 1.94 bits per heavy atom. The van der Waals surface area contributed by atoms with Crippen LogP contribution in [0.5, 0.6) is 0 Å². The molecule has 17 heavy (non-hydrogen) atoms. The Morgan fingerprint density at radius 1 is 1.41 bits per heavy atom. The van der Waals surface area contributed by atoms with Crippen molar-refractivity contribution in [3.8, 4) is 0 Å². The molecule has 0 saturated carbocycles. The first kappa shape index (κ1) is 14.0. The molecule has 0 aliphatic carbocycles. The van der Waals surface area contributed by atoms with Crippen molar-refractivity contribution in [2.45, 2.75) is 26.8 Å². The smallest absolute Gasteiger partial charge is 0.227 e. The van der Waals surface area contributed by atoms with Crippen LogP contribution in [0.2, 0.25) is 0 Å². The summed E-state index contributed by atoms with van der Waals surface area (Å²) in [5.41, 5.74) is 0.265. The maximum absolute atomic E-state index is 12.8. The summed E-state index contributed by atoms with van der Waals surface area (Å²) < 4.78 is 12.8. The molecular weight excluding hydrogens is 241 g/mol. The molecular formula is C13H17ClFNO. The van der Waals surface area contributed by atoms with Crippen molar-refractivity contribution in [1.82, 2.24) is 5.32 Å². The van der Waals surface area contributed by atoms with Crippen LogP contribution >= 0.6 is 11.6 Å². The van der Waals surface area contributed by atoms with Crippen molar-refractivity contribution in [2.75, 3.05) is 5.88 Å². The fourth-order valence-corrected chi connectivity index (χ4v) is 1.41. The number of hydrogen-bond donors (Lipinski definition) is 1. The van der Waals surface area contributed by atoms with Crippen LogP contribution in [0, 0.1) is 11.2 Å². The van der Waals surface area contributed by atoms with E-state index in [1.807, 2.05) is 6.92 Å². The van der Waals surface area contributed by atoms with Gasteiger partial charge in [0.25, 0.3) is 0 Å². The van der Waals surface area contributed by atoms with Gasteiger partial charge in [-0.3, -0.25) is 4.79 Å². The number of benzene rings is 1. The van der Waals surface area contributed by atoms with E-state index in [1.54, 1.807) is 26.0 Å². The molecule has 1 aromatic carbocycles. The van der Waals surface area contributed by atoms with Crippen LogP contribution in [0.4, 0.5) is 4.39 Å². The summed E-state index contributed by atoms with van der Waals surface area (Å²) >= 11 is 5.73. The maximum Gasteiger partial charge on any atom is 0.227 e. The second-order valence-electron chi connectivity index (χ2n) is 4.76. The van der Waals surface area contributed by atoms with Gasteiger partial charge in [-0.05, 0) is 38.5 Å². The molecule has 0 aliphatic rings. The molecule has 0 spiro atoms. The summed E-state index contributed by atoms with van der Waals surface area (Å²) in [4.78, 5) is 11.9. The number of halogens is 2. The zero-order chi connectivity index (χ0) is 13.1. The minimum Gasteiger partial charge on any atom is -0.349 e. The lowest BCUT2D eigenvalue weighted by Crippen LogP contribution is -2.39. The molecule has 0 fully saturated rings. The quantitative estimate of drug-likeness (QED) is 0.824. The van der Waals surface area contributed by atoms with E-state index in [0.29, 0.717) is 0 Å². The van der Waals surface area contributed by atoms with Gasteiger partial charge < -0.3 is 5.32 Å². The summed E-state index contributed by atoms with van der Waals surface area (Å²) in [7, 11) is 0. The fourth-order valence-electron chi connectivity index (χ4n) is 1.29. The number of amides is 1. The monoisotopic (exact) mass is 257 g/mol. The van der Waals surface area contributed by atoms with Crippen molar-refractivity contribution < 1.29 is 9.18 Å². The second kappa shape index (κ2) is 5.50. The lowest BCUT2D eigenvalue weighted by molar-refractivity contribution is -0.129. The first-order chi connectivity index (χ1) is 7.86. The van der Waals surface area contributed by atoms with Crippen molar-refractivity contribution in [3.63, 3.8) is 0 Å². The number of carbonyl (C=O) groups excluding carboxylic acids is 1. The van der Waals surface area contributed by atoms with E-state index in [1.165, 1.54) is 12.1 Å². The highest BCUT2D eigenvalue weighted by molar-refractivity contribution is 6.19. The van der Waals surface area contributed by atoms with E-state index in [2.05, 4.69) is 5.32 Å². The van der Waals surface area contributed by atoms with Gasteiger partial charge in [-0.25, -0.2) is 4.39 Å². The van der Waals surface area contributed by atoms with Crippen LogP contribution in [0.15, 0.2) is 24.3 Å². The molecule has 94 valence electrons. The zero-order valence-corrected chi connectivity index (χ0v) is 11.0. The first-order valence-corrected chi connectivity index (χ1v) is 6.02. The van der Waals surface area contributed by atoms with Crippen LogP contribution < -0.4 is 5.32 Å². The van der Waals surface area contributed by atoms with Crippen molar-refractivity contribution in [3.05, 3.63) is 35.6 Å². The molecule has 0 radical (unpaired) electrons. The Balaban J connectivity index is 2.70. The van der Waals surface area contributed by atoms with E-state index in [4.69, 9.17) is 11.6 Å². The molecule has 0 heterocycles. The van der Waals surface area contributed by atoms with Crippen LogP contribution in [0.1, 0.15) is 32.4 Å². The number of nitrogens with one attached hydrogen (secondary N) is 1. The van der Waals surface area contributed by atoms with E-state index in [0.717, 1.165) is 5.56 Å². The number of rotatable bonds is 4. The van der Waals surface area contributed by atoms with E-state index >= 15 is 0 Å². The summed E-state index contributed by atoms with van der Waals surface area (Å²) in [6, 6.07) is 5.92. The maximum atomic E-state index is 12.8. The number of hydrogen-bond acceptors (Lipinski definition) is 1. The van der Waals surface area contributed by atoms with Crippen LogP contribution in [0.25, 0.3) is 0 Å². The van der Waals surface area contributed by atoms with Gasteiger partial charge in [0.15, 0.2) is 0 Å². The standard InChI is InChI=1S/C13H17ClFNO/c1-9(10-4-6-11(15)7-5-10)16-12(17)13(2,3)8-14/h4-7,9H,8H2,1-3H3,(H,16,17)/t9-/m1/s1. The third-order valence-corrected chi connectivity index (χ3v) is 3.33. The van der Waals surface area contributed by atoms with E-state index in [9.17, 15) is 9.18 Å². The largest absolute Gasteiger partial charge is 0.349 e. The third kappa shape index (κ3) is 3.70. The predicted octanol–water partition coefficient (Wildman–Crippen LogP) is 3.27. The predicted molar refractivity (Wildman–Crippen MR) is 67.5 cm³/mol. The first-order valence-electron chi connectivity index (χ1n) is 5.49. The van der Waals surface area contributed by atoms with Gasteiger partial charge in [0.1, 0.15) is 5.82 Å². The molecule has 1 atom stereocenters. The molecule has 0 unspecified atom stereocenters. The average molecular weight is 258 g/mol. The normalized spacial score (nSPS) is 13.2. The van der Waals surface area contributed by atoms with Gasteiger partial charge in [0, 0.05) is 5.88 Å². The minimum absolute atomic E-state index is 0.107. The molecule has 0 aromatic heterocycles. The van der Waals surface area contributed by atoms with Crippen LogP contribution in [-0.4, -0.2) is 11.8 Å². The molecule has 1 rings (SSSR count). The summed E-state index contributed by atoms with van der Waals surface area (Å²) in [6.45, 7) is 5.43. The minimum atomic E-state index is -0.601. The Hall–Kier alpha value is -1.09. The average Bonchev–Trinajstić information content (AvgIpc) is 2.29.